The Hall–Kier alpha value is -2.02. The van der Waals surface area contributed by atoms with Gasteiger partial charge < -0.3 is 15.3 Å². The summed E-state index contributed by atoms with van der Waals surface area (Å²) in [5.74, 6) is -0.978. The predicted molar refractivity (Wildman–Crippen MR) is 98.7 cm³/mol. The second-order valence-electron chi connectivity index (χ2n) is 6.74. The third-order valence-corrected chi connectivity index (χ3v) is 5.58. The number of carbonyl (C=O) groups excluding carboxylic acids is 2. The van der Waals surface area contributed by atoms with Crippen molar-refractivity contribution in [2.75, 3.05) is 24.2 Å². The largest absolute Gasteiger partial charge is 0.481 e. The zero-order valence-electron chi connectivity index (χ0n) is 14.7. The van der Waals surface area contributed by atoms with Crippen molar-refractivity contribution in [2.45, 2.75) is 32.4 Å². The number of hydrogen-bond donors (Lipinski definition) is 2. The summed E-state index contributed by atoms with van der Waals surface area (Å²) in [6.45, 7) is 6.06. The third kappa shape index (κ3) is 4.98. The molecule has 2 rings (SSSR count). The van der Waals surface area contributed by atoms with Crippen molar-refractivity contribution in [3.63, 3.8) is 0 Å². The van der Waals surface area contributed by atoms with Gasteiger partial charge >= 0.3 is 5.97 Å². The highest BCUT2D eigenvalue weighted by Gasteiger charge is 2.42. The van der Waals surface area contributed by atoms with E-state index in [1.807, 2.05) is 31.2 Å². The van der Waals surface area contributed by atoms with E-state index in [1.165, 1.54) is 11.8 Å². The second-order valence-corrected chi connectivity index (χ2v) is 8.07. The summed E-state index contributed by atoms with van der Waals surface area (Å²) < 4.78 is 0. The van der Waals surface area contributed by atoms with Crippen LogP contribution in [0.4, 0.5) is 5.69 Å². The highest BCUT2D eigenvalue weighted by atomic mass is 32.2. The number of anilines is 1. The Balaban J connectivity index is 1.80. The maximum absolute atomic E-state index is 12.4. The summed E-state index contributed by atoms with van der Waals surface area (Å²) in [5.41, 5.74) is 0.973. The monoisotopic (exact) mass is 364 g/mol. The van der Waals surface area contributed by atoms with Crippen LogP contribution in [-0.2, 0) is 14.4 Å². The van der Waals surface area contributed by atoms with Crippen LogP contribution in [0.25, 0.3) is 0 Å². The lowest BCUT2D eigenvalue weighted by Crippen LogP contribution is -2.38. The van der Waals surface area contributed by atoms with Gasteiger partial charge in [-0.05, 0) is 39.3 Å². The summed E-state index contributed by atoms with van der Waals surface area (Å²) in [5, 5.41) is 11.7. The van der Waals surface area contributed by atoms with Gasteiger partial charge in [0.25, 0.3) is 0 Å². The van der Waals surface area contributed by atoms with Crippen molar-refractivity contribution in [3.05, 3.63) is 29.8 Å². The van der Waals surface area contributed by atoms with Crippen LogP contribution in [0.3, 0.4) is 0 Å². The van der Waals surface area contributed by atoms with Gasteiger partial charge in [0.1, 0.15) is 0 Å². The van der Waals surface area contributed by atoms with E-state index in [-0.39, 0.29) is 29.4 Å². The smallest absolute Gasteiger partial charge is 0.311 e. The molecule has 0 aromatic heterocycles. The zero-order valence-corrected chi connectivity index (χ0v) is 15.6. The van der Waals surface area contributed by atoms with E-state index in [9.17, 15) is 19.5 Å². The molecular weight excluding hydrogens is 340 g/mol. The molecule has 1 fully saturated rings. The summed E-state index contributed by atoms with van der Waals surface area (Å²) in [7, 11) is 0. The number of carbonyl (C=O) groups is 3. The van der Waals surface area contributed by atoms with E-state index in [0.29, 0.717) is 13.0 Å². The molecule has 136 valence electrons. The molecule has 2 unspecified atom stereocenters. The van der Waals surface area contributed by atoms with Gasteiger partial charge in [-0.1, -0.05) is 17.7 Å². The molecule has 0 saturated carbocycles. The van der Waals surface area contributed by atoms with Gasteiger partial charge in [0.2, 0.25) is 11.8 Å². The molecule has 1 aliphatic heterocycles. The molecule has 0 spiro atoms. The molecule has 1 aliphatic rings. The van der Waals surface area contributed by atoms with Crippen molar-refractivity contribution >= 4 is 35.2 Å². The Kier molecular flexibility index (Phi) is 6.11. The van der Waals surface area contributed by atoms with E-state index in [0.717, 1.165) is 11.3 Å². The van der Waals surface area contributed by atoms with Crippen molar-refractivity contribution in [3.8, 4) is 0 Å². The van der Waals surface area contributed by atoms with Crippen LogP contribution in [0.15, 0.2) is 24.3 Å². The molecule has 2 atom stereocenters. The van der Waals surface area contributed by atoms with Crippen LogP contribution in [0.5, 0.6) is 0 Å². The van der Waals surface area contributed by atoms with Crippen LogP contribution >= 0.6 is 11.8 Å². The first-order valence-electron chi connectivity index (χ1n) is 8.21. The SMILES string of the molecule is Cc1ccc(NC(=O)CSC(C)C(=O)N2CCC(C)(C(=O)O)C2)cc1. The predicted octanol–water partition coefficient (Wildman–Crippen LogP) is 2.38. The second kappa shape index (κ2) is 7.91. The number of carboxylic acids is 1. The number of thioether (sulfide) groups is 1. The van der Waals surface area contributed by atoms with Crippen molar-refractivity contribution in [1.29, 1.82) is 0 Å². The Morgan fingerprint density at radius 1 is 1.32 bits per heavy atom. The lowest BCUT2D eigenvalue weighted by atomic mass is 9.90. The number of nitrogens with zero attached hydrogens (tertiary/aromatic N) is 1. The lowest BCUT2D eigenvalue weighted by molar-refractivity contribution is -0.147. The fourth-order valence-electron chi connectivity index (χ4n) is 2.69. The Labute approximate surface area is 152 Å². The Morgan fingerprint density at radius 2 is 1.96 bits per heavy atom. The van der Waals surface area contributed by atoms with E-state index in [2.05, 4.69) is 5.32 Å². The van der Waals surface area contributed by atoms with Crippen LogP contribution in [-0.4, -0.2) is 51.9 Å². The van der Waals surface area contributed by atoms with Gasteiger partial charge in [-0.2, -0.15) is 0 Å². The first kappa shape index (κ1) is 19.3. The molecule has 25 heavy (non-hydrogen) atoms. The number of aliphatic carboxylic acids is 1. The molecule has 0 bridgehead atoms. The molecule has 1 heterocycles. The quantitative estimate of drug-likeness (QED) is 0.809. The molecule has 1 saturated heterocycles. The number of benzene rings is 1. The van der Waals surface area contributed by atoms with Gasteiger partial charge in [0.15, 0.2) is 0 Å². The summed E-state index contributed by atoms with van der Waals surface area (Å²) in [6, 6.07) is 7.51. The van der Waals surface area contributed by atoms with Crippen molar-refractivity contribution < 1.29 is 19.5 Å². The van der Waals surface area contributed by atoms with Crippen molar-refractivity contribution in [1.82, 2.24) is 4.90 Å². The standard InChI is InChI=1S/C18H24N2O4S/c1-12-4-6-14(7-5-12)19-15(21)10-25-13(2)16(22)20-9-8-18(3,11-20)17(23)24/h4-7,13H,8-11H2,1-3H3,(H,19,21)(H,23,24). The number of likely N-dealkylation sites (tertiary alicyclic amines) is 1. The number of aryl methyl sites for hydroxylation is 1. The van der Waals surface area contributed by atoms with Crippen molar-refractivity contribution in [2.24, 2.45) is 5.41 Å². The topological polar surface area (TPSA) is 86.7 Å². The highest BCUT2D eigenvalue weighted by molar-refractivity contribution is 8.01. The summed E-state index contributed by atoms with van der Waals surface area (Å²) in [6.07, 6.45) is 0.458. The molecule has 1 aromatic carbocycles. The average Bonchev–Trinajstić information content (AvgIpc) is 2.98. The maximum Gasteiger partial charge on any atom is 0.311 e. The third-order valence-electron chi connectivity index (χ3n) is 4.45. The van der Waals surface area contributed by atoms with Crippen LogP contribution in [0.1, 0.15) is 25.8 Å². The molecule has 2 N–H and O–H groups in total. The molecule has 2 amide bonds. The first-order valence-corrected chi connectivity index (χ1v) is 9.26. The van der Waals surface area contributed by atoms with Gasteiger partial charge in [0.05, 0.1) is 16.4 Å². The number of hydrogen-bond acceptors (Lipinski definition) is 4. The fraction of sp³-hybridized carbons (Fsp3) is 0.500. The van der Waals surface area contributed by atoms with Gasteiger partial charge in [-0.15, -0.1) is 11.8 Å². The molecule has 6 nitrogen and oxygen atoms in total. The van der Waals surface area contributed by atoms with E-state index < -0.39 is 11.4 Å². The minimum Gasteiger partial charge on any atom is -0.481 e. The molecule has 1 aromatic rings. The molecule has 0 radical (unpaired) electrons. The Morgan fingerprint density at radius 3 is 2.52 bits per heavy atom. The number of carboxylic acid groups (broad SMARTS) is 1. The van der Waals surface area contributed by atoms with Crippen LogP contribution in [0.2, 0.25) is 0 Å². The van der Waals surface area contributed by atoms with Crippen LogP contribution < -0.4 is 5.32 Å². The highest BCUT2D eigenvalue weighted by Crippen LogP contribution is 2.31. The lowest BCUT2D eigenvalue weighted by Gasteiger charge is -2.22. The molecule has 0 aliphatic carbocycles. The Bertz CT molecular complexity index is 662. The van der Waals surface area contributed by atoms with Gasteiger partial charge in [0, 0.05) is 18.8 Å². The first-order chi connectivity index (χ1) is 11.7. The minimum atomic E-state index is -0.874. The van der Waals surface area contributed by atoms with E-state index in [1.54, 1.807) is 18.7 Å². The number of rotatable bonds is 6. The number of nitrogens with one attached hydrogen (secondary N) is 1. The average molecular weight is 364 g/mol. The minimum absolute atomic E-state index is 0.113. The normalized spacial score (nSPS) is 21.0. The summed E-state index contributed by atoms with van der Waals surface area (Å²) >= 11 is 1.26. The van der Waals surface area contributed by atoms with Gasteiger partial charge in [-0.25, -0.2) is 0 Å². The fourth-order valence-corrected chi connectivity index (χ4v) is 3.45. The van der Waals surface area contributed by atoms with E-state index >= 15 is 0 Å². The van der Waals surface area contributed by atoms with Gasteiger partial charge in [-0.3, -0.25) is 14.4 Å². The zero-order chi connectivity index (χ0) is 18.6. The maximum atomic E-state index is 12.4. The summed E-state index contributed by atoms with van der Waals surface area (Å²) in [4.78, 5) is 37.3. The van der Waals surface area contributed by atoms with Crippen LogP contribution in [0, 0.1) is 12.3 Å². The molecule has 7 heteroatoms. The molecular formula is C18H24N2O4S. The number of amides is 2. The van der Waals surface area contributed by atoms with E-state index in [4.69, 9.17) is 0 Å².